The molecule has 0 saturated heterocycles. The van der Waals surface area contributed by atoms with Gasteiger partial charge in [-0.25, -0.2) is 0 Å². The second kappa shape index (κ2) is 10.5. The highest BCUT2D eigenvalue weighted by Crippen LogP contribution is 2.11. The molecule has 0 aliphatic carbocycles. The molecule has 2 aromatic rings. The molecule has 7 heteroatoms. The van der Waals surface area contributed by atoms with E-state index in [-0.39, 0.29) is 18.9 Å². The molecule has 0 bridgehead atoms. The lowest BCUT2D eigenvalue weighted by Crippen LogP contribution is -2.32. The summed E-state index contributed by atoms with van der Waals surface area (Å²) in [6.07, 6.45) is -0.0656. The Bertz CT molecular complexity index is 819. The van der Waals surface area contributed by atoms with E-state index < -0.39 is 18.0 Å². The summed E-state index contributed by atoms with van der Waals surface area (Å²) in [6.45, 7) is 3.65. The summed E-state index contributed by atoms with van der Waals surface area (Å²) in [7, 11) is 0. The fourth-order valence-electron chi connectivity index (χ4n) is 2.36. The van der Waals surface area contributed by atoms with Gasteiger partial charge < -0.3 is 15.4 Å². The van der Waals surface area contributed by atoms with Crippen LogP contribution >= 0.6 is 11.6 Å². The van der Waals surface area contributed by atoms with Crippen LogP contribution < -0.4 is 10.6 Å². The van der Waals surface area contributed by atoms with Crippen molar-refractivity contribution in [3.8, 4) is 0 Å². The van der Waals surface area contributed by atoms with Gasteiger partial charge in [0.05, 0.1) is 6.42 Å². The molecule has 148 valence electrons. The van der Waals surface area contributed by atoms with E-state index in [1.807, 2.05) is 19.1 Å². The van der Waals surface area contributed by atoms with Gasteiger partial charge in [0.15, 0.2) is 6.10 Å². The number of rotatable bonds is 8. The third kappa shape index (κ3) is 6.70. The summed E-state index contributed by atoms with van der Waals surface area (Å²) in [5.41, 5.74) is 2.25. The van der Waals surface area contributed by atoms with Gasteiger partial charge in [-0.05, 0) is 55.3 Å². The van der Waals surface area contributed by atoms with E-state index >= 15 is 0 Å². The molecule has 0 aromatic heterocycles. The molecule has 28 heavy (non-hydrogen) atoms. The molecule has 2 rings (SSSR count). The van der Waals surface area contributed by atoms with Gasteiger partial charge in [0.25, 0.3) is 11.8 Å². The van der Waals surface area contributed by atoms with Crippen LogP contribution in [0.4, 0.5) is 5.69 Å². The molecule has 6 nitrogen and oxygen atoms in total. The molecule has 0 unspecified atom stereocenters. The topological polar surface area (TPSA) is 84.5 Å². The second-order valence-electron chi connectivity index (χ2n) is 6.18. The fourth-order valence-corrected chi connectivity index (χ4v) is 2.48. The highest BCUT2D eigenvalue weighted by Gasteiger charge is 2.18. The van der Waals surface area contributed by atoms with Crippen molar-refractivity contribution in [2.45, 2.75) is 32.8 Å². The standard InChI is InChI=1S/C21H23ClN2O4/c1-3-15-4-10-18(11-5-15)24-20(26)14(2)28-19(25)12-13-23-21(27)16-6-8-17(22)9-7-16/h4-11,14H,3,12-13H2,1-2H3,(H,23,27)(H,24,26)/t14-/m1/s1. The van der Waals surface area contributed by atoms with E-state index in [0.717, 1.165) is 12.0 Å². The summed E-state index contributed by atoms with van der Waals surface area (Å²) in [6, 6.07) is 13.9. The highest BCUT2D eigenvalue weighted by molar-refractivity contribution is 6.30. The van der Waals surface area contributed by atoms with Gasteiger partial charge in [0.1, 0.15) is 0 Å². The van der Waals surface area contributed by atoms with Crippen LogP contribution in [-0.2, 0) is 20.7 Å². The Morgan fingerprint density at radius 3 is 2.29 bits per heavy atom. The highest BCUT2D eigenvalue weighted by atomic mass is 35.5. The SMILES string of the molecule is CCc1ccc(NC(=O)[C@@H](C)OC(=O)CCNC(=O)c2ccc(Cl)cc2)cc1. The fraction of sp³-hybridized carbons (Fsp3) is 0.286. The first kappa shape index (κ1) is 21.4. The van der Waals surface area contributed by atoms with Crippen LogP contribution in [0.1, 0.15) is 36.2 Å². The molecule has 0 radical (unpaired) electrons. The quantitative estimate of drug-likeness (QED) is 0.661. The summed E-state index contributed by atoms with van der Waals surface area (Å²) < 4.78 is 5.11. The summed E-state index contributed by atoms with van der Waals surface area (Å²) >= 11 is 5.78. The first-order chi connectivity index (χ1) is 13.4. The number of nitrogens with one attached hydrogen (secondary N) is 2. The number of halogens is 1. The van der Waals surface area contributed by atoms with Crippen molar-refractivity contribution in [1.82, 2.24) is 5.32 Å². The predicted octanol–water partition coefficient (Wildman–Crippen LogP) is 3.59. The number of aryl methyl sites for hydroxylation is 1. The van der Waals surface area contributed by atoms with E-state index in [9.17, 15) is 14.4 Å². The van der Waals surface area contributed by atoms with Crippen molar-refractivity contribution in [2.24, 2.45) is 0 Å². The second-order valence-corrected chi connectivity index (χ2v) is 6.62. The molecule has 2 aromatic carbocycles. The van der Waals surface area contributed by atoms with Crippen molar-refractivity contribution in [2.75, 3.05) is 11.9 Å². The number of esters is 1. The van der Waals surface area contributed by atoms with Crippen molar-refractivity contribution in [3.05, 3.63) is 64.7 Å². The molecular formula is C21H23ClN2O4. The molecule has 0 aliphatic heterocycles. The lowest BCUT2D eigenvalue weighted by Gasteiger charge is -2.14. The van der Waals surface area contributed by atoms with Crippen LogP contribution in [0.2, 0.25) is 5.02 Å². The molecule has 1 atom stereocenters. The van der Waals surface area contributed by atoms with Gasteiger partial charge >= 0.3 is 5.97 Å². The van der Waals surface area contributed by atoms with Crippen molar-refractivity contribution >= 4 is 35.1 Å². The smallest absolute Gasteiger partial charge is 0.308 e. The predicted molar refractivity (Wildman–Crippen MR) is 108 cm³/mol. The first-order valence-electron chi connectivity index (χ1n) is 9.02. The summed E-state index contributed by atoms with van der Waals surface area (Å²) in [5, 5.41) is 5.86. The van der Waals surface area contributed by atoms with Crippen LogP contribution in [0.3, 0.4) is 0 Å². The number of hydrogen-bond donors (Lipinski definition) is 2. The third-order valence-corrected chi connectivity index (χ3v) is 4.28. The first-order valence-corrected chi connectivity index (χ1v) is 9.40. The number of ether oxygens (including phenoxy) is 1. The maximum Gasteiger partial charge on any atom is 0.308 e. The zero-order chi connectivity index (χ0) is 20.5. The molecule has 0 saturated carbocycles. The molecular weight excluding hydrogens is 380 g/mol. The molecule has 0 heterocycles. The maximum atomic E-state index is 12.1. The van der Waals surface area contributed by atoms with E-state index in [2.05, 4.69) is 10.6 Å². The number of amides is 2. The Morgan fingerprint density at radius 2 is 1.68 bits per heavy atom. The van der Waals surface area contributed by atoms with Crippen LogP contribution in [0.5, 0.6) is 0 Å². The Balaban J connectivity index is 1.72. The van der Waals surface area contributed by atoms with Gasteiger partial charge in [0.2, 0.25) is 0 Å². The van der Waals surface area contributed by atoms with Crippen molar-refractivity contribution < 1.29 is 19.1 Å². The Labute approximate surface area is 169 Å². The average molecular weight is 403 g/mol. The lowest BCUT2D eigenvalue weighted by atomic mass is 10.1. The molecule has 2 amide bonds. The van der Waals surface area contributed by atoms with E-state index in [1.165, 1.54) is 6.92 Å². The van der Waals surface area contributed by atoms with E-state index in [4.69, 9.17) is 16.3 Å². The van der Waals surface area contributed by atoms with Crippen LogP contribution in [0.25, 0.3) is 0 Å². The minimum Gasteiger partial charge on any atom is -0.452 e. The number of benzene rings is 2. The largest absolute Gasteiger partial charge is 0.452 e. The average Bonchev–Trinajstić information content (AvgIpc) is 2.68. The summed E-state index contributed by atoms with van der Waals surface area (Å²) in [4.78, 5) is 36.0. The zero-order valence-corrected chi connectivity index (χ0v) is 16.6. The van der Waals surface area contributed by atoms with E-state index in [0.29, 0.717) is 16.3 Å². The van der Waals surface area contributed by atoms with Crippen LogP contribution in [0.15, 0.2) is 48.5 Å². The number of carbonyl (C=O) groups is 3. The molecule has 0 spiro atoms. The number of anilines is 1. The monoisotopic (exact) mass is 402 g/mol. The minimum atomic E-state index is -0.940. The van der Waals surface area contributed by atoms with Gasteiger partial charge in [-0.15, -0.1) is 0 Å². The third-order valence-electron chi connectivity index (χ3n) is 4.03. The van der Waals surface area contributed by atoms with E-state index in [1.54, 1.807) is 36.4 Å². The van der Waals surface area contributed by atoms with Gasteiger partial charge in [0, 0.05) is 22.8 Å². The molecule has 0 aliphatic rings. The van der Waals surface area contributed by atoms with Gasteiger partial charge in [-0.3, -0.25) is 14.4 Å². The Kier molecular flexibility index (Phi) is 8.02. The normalized spacial score (nSPS) is 11.4. The number of hydrogen-bond acceptors (Lipinski definition) is 4. The zero-order valence-electron chi connectivity index (χ0n) is 15.8. The maximum absolute atomic E-state index is 12.1. The van der Waals surface area contributed by atoms with Crippen molar-refractivity contribution in [1.29, 1.82) is 0 Å². The van der Waals surface area contributed by atoms with Gasteiger partial charge in [-0.2, -0.15) is 0 Å². The number of carbonyl (C=O) groups excluding carboxylic acids is 3. The van der Waals surface area contributed by atoms with Crippen LogP contribution in [-0.4, -0.2) is 30.4 Å². The lowest BCUT2D eigenvalue weighted by molar-refractivity contribution is -0.153. The molecule has 2 N–H and O–H groups in total. The van der Waals surface area contributed by atoms with Gasteiger partial charge in [-0.1, -0.05) is 30.7 Å². The van der Waals surface area contributed by atoms with Crippen LogP contribution in [0, 0.1) is 0 Å². The Morgan fingerprint density at radius 1 is 1.04 bits per heavy atom. The van der Waals surface area contributed by atoms with Crippen molar-refractivity contribution in [3.63, 3.8) is 0 Å². The molecule has 0 fully saturated rings. The minimum absolute atomic E-state index is 0.0395. The Hall–Kier alpha value is -2.86. The summed E-state index contributed by atoms with van der Waals surface area (Å²) in [5.74, 6) is -1.30.